The molecular weight excluding hydrogens is 303 g/mol. The fraction of sp³-hybridized carbons (Fsp3) is 0.133. The average Bonchev–Trinajstić information content (AvgIpc) is 2.45. The molecule has 0 atom stereocenters. The molecule has 21 heavy (non-hydrogen) atoms. The zero-order valence-corrected chi connectivity index (χ0v) is 11.5. The van der Waals surface area contributed by atoms with Crippen molar-refractivity contribution in [2.45, 2.75) is 12.8 Å². The first-order chi connectivity index (χ1) is 9.97. The molecule has 0 bridgehead atoms. The van der Waals surface area contributed by atoms with E-state index in [0.29, 0.717) is 10.6 Å². The van der Waals surface area contributed by atoms with Crippen molar-refractivity contribution in [2.24, 2.45) is 5.16 Å². The highest BCUT2D eigenvalue weighted by Crippen LogP contribution is 2.28. The standard InChI is InChI=1S/C15H11ClF3NO/c16-14-4-2-1-3-12(14)10-21-20-9-11-5-7-13(8-6-11)15(17,18)19/h1-9H,10H2. The van der Waals surface area contributed by atoms with E-state index in [9.17, 15) is 13.2 Å². The normalized spacial score (nSPS) is 11.8. The summed E-state index contributed by atoms with van der Waals surface area (Å²) in [5.74, 6) is 0. The minimum Gasteiger partial charge on any atom is -0.391 e. The Bertz CT molecular complexity index is 624. The third-order valence-electron chi connectivity index (χ3n) is 2.69. The zero-order valence-electron chi connectivity index (χ0n) is 10.8. The molecule has 110 valence electrons. The Morgan fingerprint density at radius 3 is 2.33 bits per heavy atom. The fourth-order valence-corrected chi connectivity index (χ4v) is 1.77. The molecule has 0 amide bonds. The first-order valence-electron chi connectivity index (χ1n) is 6.03. The van der Waals surface area contributed by atoms with Crippen LogP contribution >= 0.6 is 11.6 Å². The average molecular weight is 314 g/mol. The van der Waals surface area contributed by atoms with Gasteiger partial charge in [0, 0.05) is 10.6 Å². The summed E-state index contributed by atoms with van der Waals surface area (Å²) in [5.41, 5.74) is 0.600. The van der Waals surface area contributed by atoms with E-state index in [4.69, 9.17) is 16.4 Å². The van der Waals surface area contributed by atoms with Crippen molar-refractivity contribution in [3.8, 4) is 0 Å². The van der Waals surface area contributed by atoms with E-state index in [0.717, 1.165) is 17.7 Å². The number of hydrogen-bond acceptors (Lipinski definition) is 2. The maximum absolute atomic E-state index is 12.4. The first-order valence-corrected chi connectivity index (χ1v) is 6.40. The Balaban J connectivity index is 1.92. The second-order valence-corrected chi connectivity index (χ2v) is 4.63. The number of alkyl halides is 3. The Labute approximate surface area is 124 Å². The van der Waals surface area contributed by atoms with Gasteiger partial charge in [0.05, 0.1) is 11.8 Å². The summed E-state index contributed by atoms with van der Waals surface area (Å²) in [7, 11) is 0. The Morgan fingerprint density at radius 1 is 1.05 bits per heavy atom. The highest BCUT2D eigenvalue weighted by atomic mass is 35.5. The van der Waals surface area contributed by atoms with Crippen molar-refractivity contribution in [1.29, 1.82) is 0 Å². The van der Waals surface area contributed by atoms with Gasteiger partial charge in [0.2, 0.25) is 0 Å². The monoisotopic (exact) mass is 313 g/mol. The van der Waals surface area contributed by atoms with Crippen LogP contribution in [0.25, 0.3) is 0 Å². The minimum atomic E-state index is -4.34. The van der Waals surface area contributed by atoms with E-state index in [1.165, 1.54) is 18.3 Å². The van der Waals surface area contributed by atoms with Crippen LogP contribution < -0.4 is 0 Å². The Hall–Kier alpha value is -2.01. The fourth-order valence-electron chi connectivity index (χ4n) is 1.58. The van der Waals surface area contributed by atoms with Crippen LogP contribution in [0.4, 0.5) is 13.2 Å². The second-order valence-electron chi connectivity index (χ2n) is 4.22. The van der Waals surface area contributed by atoms with Gasteiger partial charge in [0.15, 0.2) is 0 Å². The molecule has 0 N–H and O–H groups in total. The minimum absolute atomic E-state index is 0.191. The molecule has 0 aliphatic rings. The van der Waals surface area contributed by atoms with E-state index in [1.54, 1.807) is 18.2 Å². The maximum atomic E-state index is 12.4. The van der Waals surface area contributed by atoms with Gasteiger partial charge in [0.25, 0.3) is 0 Å². The van der Waals surface area contributed by atoms with Crippen LogP contribution in [-0.2, 0) is 17.6 Å². The third kappa shape index (κ3) is 4.49. The van der Waals surface area contributed by atoms with Crippen molar-refractivity contribution >= 4 is 17.8 Å². The number of oxime groups is 1. The van der Waals surface area contributed by atoms with Gasteiger partial charge in [-0.2, -0.15) is 13.2 Å². The van der Waals surface area contributed by atoms with E-state index < -0.39 is 11.7 Å². The van der Waals surface area contributed by atoms with Crippen molar-refractivity contribution in [1.82, 2.24) is 0 Å². The summed E-state index contributed by atoms with van der Waals surface area (Å²) < 4.78 is 37.1. The second kappa shape index (κ2) is 6.63. The molecule has 0 radical (unpaired) electrons. The molecular formula is C15H11ClF3NO. The molecule has 0 saturated heterocycles. The lowest BCUT2D eigenvalue weighted by atomic mass is 10.1. The van der Waals surface area contributed by atoms with Gasteiger partial charge in [-0.05, 0) is 23.8 Å². The molecule has 0 aromatic heterocycles. The summed E-state index contributed by atoms with van der Waals surface area (Å²) in [5, 5.41) is 4.28. The molecule has 0 unspecified atom stereocenters. The summed E-state index contributed by atoms with van der Waals surface area (Å²) >= 11 is 5.94. The smallest absolute Gasteiger partial charge is 0.391 e. The molecule has 0 heterocycles. The Kier molecular flexibility index (Phi) is 4.85. The van der Waals surface area contributed by atoms with Gasteiger partial charge >= 0.3 is 6.18 Å². The van der Waals surface area contributed by atoms with Gasteiger partial charge in [-0.3, -0.25) is 0 Å². The molecule has 2 aromatic carbocycles. The molecule has 2 aromatic rings. The zero-order chi connectivity index (χ0) is 15.3. The van der Waals surface area contributed by atoms with E-state index in [1.807, 2.05) is 6.07 Å². The van der Waals surface area contributed by atoms with Gasteiger partial charge in [-0.1, -0.05) is 47.1 Å². The van der Waals surface area contributed by atoms with Crippen LogP contribution in [0.2, 0.25) is 5.02 Å². The summed E-state index contributed by atoms with van der Waals surface area (Å²) in [6.07, 6.45) is -2.99. The quantitative estimate of drug-likeness (QED) is 0.580. The summed E-state index contributed by atoms with van der Waals surface area (Å²) in [6, 6.07) is 11.8. The van der Waals surface area contributed by atoms with Crippen molar-refractivity contribution in [2.75, 3.05) is 0 Å². The van der Waals surface area contributed by atoms with Crippen LogP contribution in [0.3, 0.4) is 0 Å². The molecule has 0 aliphatic heterocycles. The predicted molar refractivity (Wildman–Crippen MR) is 75.3 cm³/mol. The van der Waals surface area contributed by atoms with Crippen LogP contribution in [0.5, 0.6) is 0 Å². The molecule has 0 fully saturated rings. The lowest BCUT2D eigenvalue weighted by molar-refractivity contribution is -0.137. The van der Waals surface area contributed by atoms with Crippen LogP contribution in [0, 0.1) is 0 Å². The predicted octanol–water partition coefficient (Wildman–Crippen LogP) is 4.91. The maximum Gasteiger partial charge on any atom is 0.416 e. The molecule has 0 saturated carbocycles. The van der Waals surface area contributed by atoms with Gasteiger partial charge in [0.1, 0.15) is 6.61 Å². The summed E-state index contributed by atoms with van der Waals surface area (Å²) in [6.45, 7) is 0.191. The van der Waals surface area contributed by atoms with Crippen LogP contribution in [0.1, 0.15) is 16.7 Å². The van der Waals surface area contributed by atoms with E-state index >= 15 is 0 Å². The van der Waals surface area contributed by atoms with Gasteiger partial charge in [-0.25, -0.2) is 0 Å². The van der Waals surface area contributed by atoms with Gasteiger partial charge < -0.3 is 4.84 Å². The van der Waals surface area contributed by atoms with Crippen molar-refractivity contribution in [3.63, 3.8) is 0 Å². The van der Waals surface area contributed by atoms with E-state index in [-0.39, 0.29) is 6.61 Å². The van der Waals surface area contributed by atoms with Crippen molar-refractivity contribution in [3.05, 3.63) is 70.2 Å². The number of hydrogen-bond donors (Lipinski definition) is 0. The molecule has 0 aliphatic carbocycles. The highest BCUT2D eigenvalue weighted by Gasteiger charge is 2.29. The van der Waals surface area contributed by atoms with Gasteiger partial charge in [-0.15, -0.1) is 0 Å². The highest BCUT2D eigenvalue weighted by molar-refractivity contribution is 6.31. The van der Waals surface area contributed by atoms with Crippen LogP contribution in [-0.4, -0.2) is 6.21 Å². The number of nitrogens with zero attached hydrogens (tertiary/aromatic N) is 1. The van der Waals surface area contributed by atoms with Crippen molar-refractivity contribution < 1.29 is 18.0 Å². The lowest BCUT2D eigenvalue weighted by Gasteiger charge is -2.05. The van der Waals surface area contributed by atoms with Crippen LogP contribution in [0.15, 0.2) is 53.7 Å². The number of benzene rings is 2. The molecule has 2 rings (SSSR count). The number of halogens is 4. The largest absolute Gasteiger partial charge is 0.416 e. The SMILES string of the molecule is FC(F)(F)c1ccc(C=NOCc2ccccc2Cl)cc1. The third-order valence-corrected chi connectivity index (χ3v) is 3.06. The summed E-state index contributed by atoms with van der Waals surface area (Å²) in [4.78, 5) is 5.06. The molecule has 6 heteroatoms. The Morgan fingerprint density at radius 2 is 1.71 bits per heavy atom. The topological polar surface area (TPSA) is 21.6 Å². The number of rotatable bonds is 4. The first kappa shape index (κ1) is 15.4. The molecule has 2 nitrogen and oxygen atoms in total. The lowest BCUT2D eigenvalue weighted by Crippen LogP contribution is -2.04. The van der Waals surface area contributed by atoms with E-state index in [2.05, 4.69) is 5.16 Å². The molecule has 0 spiro atoms.